The average molecular weight is 625 g/mol. The first kappa shape index (κ1) is 30.8. The molecule has 0 radical (unpaired) electrons. The second-order valence-electron chi connectivity index (χ2n) is 11.1. The minimum Gasteiger partial charge on any atom is -0.497 e. The molecule has 5 aromatic rings. The van der Waals surface area contributed by atoms with Crippen LogP contribution in [0.2, 0.25) is 0 Å². The lowest BCUT2D eigenvalue weighted by molar-refractivity contribution is -0.384. The Morgan fingerprint density at radius 1 is 0.872 bits per heavy atom. The number of carbonyl (C=O) groups is 2. The third kappa shape index (κ3) is 6.46. The van der Waals surface area contributed by atoms with Crippen LogP contribution in [-0.2, 0) is 28.2 Å². The molecule has 0 saturated carbocycles. The van der Waals surface area contributed by atoms with E-state index in [1.807, 2.05) is 103 Å². The molecule has 0 fully saturated rings. The van der Waals surface area contributed by atoms with Crippen molar-refractivity contribution in [1.82, 2.24) is 10.2 Å². The van der Waals surface area contributed by atoms with Crippen molar-refractivity contribution >= 4 is 23.2 Å². The van der Waals surface area contributed by atoms with Crippen molar-refractivity contribution in [2.24, 2.45) is 0 Å². The average Bonchev–Trinajstić information content (AvgIpc) is 3.23. The molecular weight excluding hydrogens is 592 g/mol. The molecule has 9 nitrogen and oxygen atoms in total. The van der Waals surface area contributed by atoms with Gasteiger partial charge in [-0.05, 0) is 40.5 Å². The Hall–Kier alpha value is -6.22. The summed E-state index contributed by atoms with van der Waals surface area (Å²) in [5, 5.41) is 18.0. The molecule has 9 heteroatoms. The van der Waals surface area contributed by atoms with E-state index >= 15 is 0 Å². The Bertz CT molecular complexity index is 1830. The predicted octanol–water partition coefficient (Wildman–Crippen LogP) is 6.55. The standard InChI is InChI=1S/C38H32N4O5/c1-47-33-20-17-27(18-21-33)25-41-26-28-23-32(42(45)46)19-22-34(28)39-35(37(41)44)24-36(43)40-38(29-11-5-2-6-12-29,30-13-7-3-8-14-30)31-15-9-4-10-16-31/h2-24,39H,25-26H2,1H3,(H,40,43)/b35-24+. The summed E-state index contributed by atoms with van der Waals surface area (Å²) < 4.78 is 5.27. The molecule has 0 unspecified atom stereocenters. The summed E-state index contributed by atoms with van der Waals surface area (Å²) in [6.45, 7) is 0.295. The first-order valence-electron chi connectivity index (χ1n) is 15.0. The maximum atomic E-state index is 14.2. The minimum atomic E-state index is -1.09. The molecule has 1 heterocycles. The smallest absolute Gasteiger partial charge is 0.271 e. The van der Waals surface area contributed by atoms with Crippen molar-refractivity contribution in [1.29, 1.82) is 0 Å². The van der Waals surface area contributed by atoms with Crippen LogP contribution >= 0.6 is 0 Å². The molecule has 0 atom stereocenters. The lowest BCUT2D eigenvalue weighted by Crippen LogP contribution is -2.47. The number of hydrogen-bond acceptors (Lipinski definition) is 6. The third-order valence-electron chi connectivity index (χ3n) is 8.19. The lowest BCUT2D eigenvalue weighted by Gasteiger charge is -2.36. The zero-order chi connectivity index (χ0) is 32.8. The number of nitro benzene ring substituents is 1. The van der Waals surface area contributed by atoms with Gasteiger partial charge in [0.1, 0.15) is 17.0 Å². The maximum absolute atomic E-state index is 14.2. The molecule has 0 aromatic heterocycles. The van der Waals surface area contributed by atoms with E-state index in [4.69, 9.17) is 4.74 Å². The number of nitrogens with zero attached hydrogens (tertiary/aromatic N) is 2. The number of amides is 2. The van der Waals surface area contributed by atoms with Gasteiger partial charge in [-0.2, -0.15) is 0 Å². The molecule has 2 amide bonds. The fourth-order valence-corrected chi connectivity index (χ4v) is 5.90. The molecule has 0 bridgehead atoms. The van der Waals surface area contributed by atoms with E-state index in [1.54, 1.807) is 30.2 Å². The van der Waals surface area contributed by atoms with Gasteiger partial charge in [-0.3, -0.25) is 19.7 Å². The van der Waals surface area contributed by atoms with Crippen LogP contribution in [0.1, 0.15) is 27.8 Å². The Labute approximate surface area is 272 Å². The Morgan fingerprint density at radius 2 is 1.43 bits per heavy atom. The molecule has 1 aliphatic heterocycles. The van der Waals surface area contributed by atoms with Crippen molar-refractivity contribution in [2.75, 3.05) is 12.4 Å². The summed E-state index contributed by atoms with van der Waals surface area (Å²) in [6.07, 6.45) is 1.27. The van der Waals surface area contributed by atoms with Crippen LogP contribution in [-0.4, -0.2) is 28.7 Å². The number of ether oxygens (including phenoxy) is 1. The number of anilines is 1. The number of fused-ring (bicyclic) bond motifs is 1. The lowest BCUT2D eigenvalue weighted by atomic mass is 9.77. The Kier molecular flexibility index (Phi) is 8.79. The monoisotopic (exact) mass is 624 g/mol. The highest BCUT2D eigenvalue weighted by Crippen LogP contribution is 2.37. The van der Waals surface area contributed by atoms with Crippen LogP contribution in [0.15, 0.2) is 145 Å². The zero-order valence-electron chi connectivity index (χ0n) is 25.6. The van der Waals surface area contributed by atoms with Gasteiger partial charge in [0.2, 0.25) is 5.91 Å². The molecule has 0 spiro atoms. The van der Waals surface area contributed by atoms with Crippen molar-refractivity contribution in [3.8, 4) is 5.75 Å². The molecule has 1 aliphatic rings. The van der Waals surface area contributed by atoms with E-state index in [2.05, 4.69) is 10.6 Å². The van der Waals surface area contributed by atoms with Crippen LogP contribution in [0.25, 0.3) is 0 Å². The summed E-state index contributed by atoms with van der Waals surface area (Å²) in [7, 11) is 1.58. The van der Waals surface area contributed by atoms with E-state index in [0.29, 0.717) is 17.0 Å². The van der Waals surface area contributed by atoms with Gasteiger partial charge in [0, 0.05) is 42.5 Å². The van der Waals surface area contributed by atoms with Gasteiger partial charge in [-0.25, -0.2) is 0 Å². The normalized spacial score (nSPS) is 13.7. The van der Waals surface area contributed by atoms with Crippen molar-refractivity contribution in [3.05, 3.63) is 183 Å². The number of rotatable bonds is 9. The summed E-state index contributed by atoms with van der Waals surface area (Å²) in [5.74, 6) is -0.263. The van der Waals surface area contributed by atoms with Crippen molar-refractivity contribution in [2.45, 2.75) is 18.6 Å². The van der Waals surface area contributed by atoms with Gasteiger partial charge < -0.3 is 20.3 Å². The van der Waals surface area contributed by atoms with Gasteiger partial charge in [-0.15, -0.1) is 0 Å². The van der Waals surface area contributed by atoms with Crippen LogP contribution in [0.3, 0.4) is 0 Å². The fraction of sp³-hybridized carbons (Fsp3) is 0.105. The van der Waals surface area contributed by atoms with Gasteiger partial charge in [0.15, 0.2) is 0 Å². The van der Waals surface area contributed by atoms with Gasteiger partial charge in [0.05, 0.1) is 12.0 Å². The van der Waals surface area contributed by atoms with Gasteiger partial charge in [0.25, 0.3) is 11.6 Å². The summed E-state index contributed by atoms with van der Waals surface area (Å²) in [6, 6.07) is 40.7. The molecule has 0 saturated heterocycles. The Morgan fingerprint density at radius 3 is 1.94 bits per heavy atom. The summed E-state index contributed by atoms with van der Waals surface area (Å²) in [5.41, 5.74) is 3.24. The van der Waals surface area contributed by atoms with Crippen LogP contribution < -0.4 is 15.4 Å². The summed E-state index contributed by atoms with van der Waals surface area (Å²) in [4.78, 5) is 41.0. The topological polar surface area (TPSA) is 114 Å². The molecule has 47 heavy (non-hydrogen) atoms. The van der Waals surface area contributed by atoms with Gasteiger partial charge >= 0.3 is 0 Å². The number of benzene rings is 5. The Balaban J connectivity index is 1.43. The fourth-order valence-electron chi connectivity index (χ4n) is 5.90. The highest BCUT2D eigenvalue weighted by atomic mass is 16.6. The third-order valence-corrected chi connectivity index (χ3v) is 8.19. The summed E-state index contributed by atoms with van der Waals surface area (Å²) >= 11 is 0. The van der Waals surface area contributed by atoms with Gasteiger partial charge in [-0.1, -0.05) is 103 Å². The minimum absolute atomic E-state index is 0.0340. The van der Waals surface area contributed by atoms with Crippen LogP contribution in [0.5, 0.6) is 5.75 Å². The number of nitrogens with one attached hydrogen (secondary N) is 2. The number of non-ortho nitro benzene ring substituents is 1. The van der Waals surface area contributed by atoms with E-state index in [0.717, 1.165) is 22.3 Å². The maximum Gasteiger partial charge on any atom is 0.271 e. The molecule has 2 N–H and O–H groups in total. The van der Waals surface area contributed by atoms with E-state index < -0.39 is 22.3 Å². The highest BCUT2D eigenvalue weighted by Gasteiger charge is 2.38. The highest BCUT2D eigenvalue weighted by molar-refractivity contribution is 6.04. The molecule has 6 rings (SSSR count). The zero-order valence-corrected chi connectivity index (χ0v) is 25.6. The quantitative estimate of drug-likeness (QED) is 0.0832. The number of nitro groups is 1. The molecule has 0 aliphatic carbocycles. The number of hydrogen-bond donors (Lipinski definition) is 2. The largest absolute Gasteiger partial charge is 0.497 e. The van der Waals surface area contributed by atoms with Crippen molar-refractivity contribution < 1.29 is 19.2 Å². The second-order valence-corrected chi connectivity index (χ2v) is 11.1. The van der Waals surface area contributed by atoms with E-state index in [-0.39, 0.29) is 24.5 Å². The molecule has 5 aromatic carbocycles. The van der Waals surface area contributed by atoms with E-state index in [9.17, 15) is 19.7 Å². The van der Waals surface area contributed by atoms with E-state index in [1.165, 1.54) is 18.2 Å². The first-order chi connectivity index (χ1) is 22.9. The second kappa shape index (κ2) is 13.4. The van der Waals surface area contributed by atoms with Crippen LogP contribution in [0.4, 0.5) is 11.4 Å². The molecular formula is C38H32N4O5. The van der Waals surface area contributed by atoms with Crippen molar-refractivity contribution in [3.63, 3.8) is 0 Å². The SMILES string of the molecule is COc1ccc(CN2Cc3cc([N+](=O)[O-])ccc3N/C(=C/C(=O)NC(c3ccccc3)(c3ccccc3)c3ccccc3)C2=O)cc1. The number of methoxy groups -OCH3 is 1. The molecule has 234 valence electrons. The predicted molar refractivity (Wildman–Crippen MR) is 179 cm³/mol. The first-order valence-corrected chi connectivity index (χ1v) is 15.0. The number of carbonyl (C=O) groups excluding carboxylic acids is 2. The van der Waals surface area contributed by atoms with Crippen LogP contribution in [0, 0.1) is 10.1 Å².